The predicted octanol–water partition coefficient (Wildman–Crippen LogP) is 5.18. The zero-order valence-electron chi connectivity index (χ0n) is 12.8. The van der Waals surface area contributed by atoms with E-state index in [1.54, 1.807) is 0 Å². The van der Waals surface area contributed by atoms with E-state index in [1.807, 2.05) is 0 Å². The molecule has 20 heavy (non-hydrogen) atoms. The van der Waals surface area contributed by atoms with E-state index >= 15 is 0 Å². The summed E-state index contributed by atoms with van der Waals surface area (Å²) in [5, 5.41) is 0. The number of carbonyl (C=O) groups excluding carboxylic acids is 1. The van der Waals surface area contributed by atoms with E-state index in [0.29, 0.717) is 11.7 Å². The molecule has 1 aromatic carbocycles. The number of hydrogen-bond acceptors (Lipinski definition) is 1. The quantitative estimate of drug-likeness (QED) is 0.720. The Bertz CT molecular complexity index is 455. The van der Waals surface area contributed by atoms with Crippen molar-refractivity contribution in [3.05, 3.63) is 41.5 Å². The number of hydrogen-bond donors (Lipinski definition) is 0. The average Bonchev–Trinajstić information content (AvgIpc) is 2.46. The molecule has 1 heteroatoms. The lowest BCUT2D eigenvalue weighted by molar-refractivity contribution is -0.126. The topological polar surface area (TPSA) is 17.1 Å². The van der Waals surface area contributed by atoms with Crippen molar-refractivity contribution in [3.63, 3.8) is 0 Å². The van der Waals surface area contributed by atoms with Crippen LogP contribution in [0.5, 0.6) is 0 Å². The predicted molar refractivity (Wildman–Crippen MR) is 85.6 cm³/mol. The lowest BCUT2D eigenvalue weighted by atomic mass is 9.75. The molecule has 0 saturated heterocycles. The molecule has 0 heterocycles. The number of unbranched alkanes of at least 4 members (excludes halogenated alkanes) is 1. The smallest absolute Gasteiger partial charge is 0.136 e. The van der Waals surface area contributed by atoms with E-state index in [0.717, 1.165) is 19.3 Å². The van der Waals surface area contributed by atoms with Crippen molar-refractivity contribution in [1.82, 2.24) is 0 Å². The first-order chi connectivity index (χ1) is 9.70. The number of ketones is 1. The van der Waals surface area contributed by atoms with Crippen molar-refractivity contribution in [2.75, 3.05) is 0 Å². The van der Waals surface area contributed by atoms with Gasteiger partial charge in [0.2, 0.25) is 0 Å². The van der Waals surface area contributed by atoms with Gasteiger partial charge in [0, 0.05) is 12.3 Å². The molecule has 2 atom stereocenters. The maximum absolute atomic E-state index is 12.1. The molecule has 108 valence electrons. The first kappa shape index (κ1) is 15.0. The van der Waals surface area contributed by atoms with Crippen molar-refractivity contribution in [3.8, 4) is 0 Å². The molecule has 0 bridgehead atoms. The summed E-state index contributed by atoms with van der Waals surface area (Å²) in [4.78, 5) is 12.1. The molecule has 1 saturated carbocycles. The number of benzene rings is 1. The highest BCUT2D eigenvalue weighted by atomic mass is 16.1. The van der Waals surface area contributed by atoms with Crippen LogP contribution in [0.1, 0.15) is 56.6 Å². The van der Waals surface area contributed by atoms with E-state index in [9.17, 15) is 4.79 Å². The number of allylic oxidation sites excluding steroid dienone is 1. The maximum Gasteiger partial charge on any atom is 0.136 e. The Hall–Kier alpha value is -1.37. The fourth-order valence-corrected chi connectivity index (χ4v) is 3.08. The van der Waals surface area contributed by atoms with Crippen LogP contribution in [0.4, 0.5) is 0 Å². The molecule has 0 radical (unpaired) electrons. The molecule has 0 aromatic heterocycles. The van der Waals surface area contributed by atoms with Gasteiger partial charge < -0.3 is 0 Å². The third-order valence-corrected chi connectivity index (χ3v) is 4.37. The fraction of sp³-hybridized carbons (Fsp3) is 0.526. The molecule has 0 N–H and O–H groups in total. The summed E-state index contributed by atoms with van der Waals surface area (Å²) in [5.41, 5.74) is 2.53. The molecule has 1 nitrogen and oxygen atoms in total. The van der Waals surface area contributed by atoms with Crippen LogP contribution >= 0.6 is 0 Å². The molecule has 1 aromatic rings. The van der Waals surface area contributed by atoms with Gasteiger partial charge in [0.05, 0.1) is 0 Å². The standard InChI is InChI=1S/C19H26O/c1-3-4-7-18-17(6-5-8-19(18)20)14-13-16-11-9-15(2)10-12-16/h9-14,17-18H,3-8H2,1-2H3/b14-13+. The Labute approximate surface area is 123 Å². The van der Waals surface area contributed by atoms with Gasteiger partial charge in [-0.25, -0.2) is 0 Å². The molecule has 1 aliphatic rings. The van der Waals surface area contributed by atoms with Crippen molar-refractivity contribution in [2.24, 2.45) is 11.8 Å². The monoisotopic (exact) mass is 270 g/mol. The summed E-state index contributed by atoms with van der Waals surface area (Å²) < 4.78 is 0. The Balaban J connectivity index is 2.04. The normalized spacial score (nSPS) is 23.4. The molecule has 0 aliphatic heterocycles. The molecule has 2 rings (SSSR count). The van der Waals surface area contributed by atoms with Crippen molar-refractivity contribution in [1.29, 1.82) is 0 Å². The van der Waals surface area contributed by atoms with Gasteiger partial charge in [-0.2, -0.15) is 0 Å². The van der Waals surface area contributed by atoms with Crippen LogP contribution in [-0.4, -0.2) is 5.78 Å². The lowest BCUT2D eigenvalue weighted by Crippen LogP contribution is -2.27. The van der Waals surface area contributed by atoms with Crippen LogP contribution in [0, 0.1) is 18.8 Å². The number of carbonyl (C=O) groups is 1. The molecule has 2 unspecified atom stereocenters. The van der Waals surface area contributed by atoms with Gasteiger partial charge in [-0.15, -0.1) is 0 Å². The van der Waals surface area contributed by atoms with Crippen molar-refractivity contribution in [2.45, 2.75) is 52.4 Å². The van der Waals surface area contributed by atoms with Crippen LogP contribution in [-0.2, 0) is 4.79 Å². The van der Waals surface area contributed by atoms with E-state index < -0.39 is 0 Å². The van der Waals surface area contributed by atoms with Crippen molar-refractivity contribution >= 4 is 11.9 Å². The summed E-state index contributed by atoms with van der Waals surface area (Å²) in [5.74, 6) is 1.21. The lowest BCUT2D eigenvalue weighted by Gasteiger charge is -2.28. The summed E-state index contributed by atoms with van der Waals surface area (Å²) in [6.07, 6.45) is 10.9. The Kier molecular flexibility index (Phi) is 5.58. The SMILES string of the molecule is CCCCC1C(=O)CCCC1/C=C/c1ccc(C)cc1. The van der Waals surface area contributed by atoms with E-state index in [-0.39, 0.29) is 5.92 Å². The van der Waals surface area contributed by atoms with Crippen LogP contribution in [0.2, 0.25) is 0 Å². The summed E-state index contributed by atoms with van der Waals surface area (Å²) >= 11 is 0. The summed E-state index contributed by atoms with van der Waals surface area (Å²) in [7, 11) is 0. The Morgan fingerprint density at radius 2 is 2.00 bits per heavy atom. The molecule has 0 spiro atoms. The molecule has 1 aliphatic carbocycles. The highest BCUT2D eigenvalue weighted by Crippen LogP contribution is 2.32. The number of aryl methyl sites for hydroxylation is 1. The van der Waals surface area contributed by atoms with Gasteiger partial charge in [-0.1, -0.05) is 61.7 Å². The van der Waals surface area contributed by atoms with Gasteiger partial charge in [0.25, 0.3) is 0 Å². The zero-order valence-corrected chi connectivity index (χ0v) is 12.8. The second-order valence-electron chi connectivity index (χ2n) is 6.04. The van der Waals surface area contributed by atoms with Gasteiger partial charge in [-0.3, -0.25) is 4.79 Å². The van der Waals surface area contributed by atoms with Gasteiger partial charge in [0.15, 0.2) is 0 Å². The Morgan fingerprint density at radius 1 is 1.25 bits per heavy atom. The van der Waals surface area contributed by atoms with Crippen LogP contribution in [0.15, 0.2) is 30.3 Å². The molecular weight excluding hydrogens is 244 g/mol. The average molecular weight is 270 g/mol. The molecular formula is C19H26O. The largest absolute Gasteiger partial charge is 0.299 e. The Morgan fingerprint density at radius 3 is 2.70 bits per heavy atom. The zero-order chi connectivity index (χ0) is 14.4. The first-order valence-corrected chi connectivity index (χ1v) is 7.98. The van der Waals surface area contributed by atoms with Gasteiger partial charge >= 0.3 is 0 Å². The van der Waals surface area contributed by atoms with Gasteiger partial charge in [-0.05, 0) is 37.7 Å². The summed E-state index contributed by atoms with van der Waals surface area (Å²) in [6.45, 7) is 4.30. The minimum absolute atomic E-state index is 0.269. The fourth-order valence-electron chi connectivity index (χ4n) is 3.08. The summed E-state index contributed by atoms with van der Waals surface area (Å²) in [6, 6.07) is 8.58. The minimum Gasteiger partial charge on any atom is -0.299 e. The second kappa shape index (κ2) is 7.42. The number of rotatable bonds is 5. The number of Topliss-reactive ketones (excluding diaryl/α,β-unsaturated/α-hetero) is 1. The third kappa shape index (κ3) is 4.06. The highest BCUT2D eigenvalue weighted by molar-refractivity contribution is 5.82. The minimum atomic E-state index is 0.269. The third-order valence-electron chi connectivity index (χ3n) is 4.37. The molecule has 0 amide bonds. The second-order valence-corrected chi connectivity index (χ2v) is 6.04. The van der Waals surface area contributed by atoms with Crippen LogP contribution in [0.3, 0.4) is 0 Å². The van der Waals surface area contributed by atoms with Crippen LogP contribution < -0.4 is 0 Å². The highest BCUT2D eigenvalue weighted by Gasteiger charge is 2.29. The molecule has 1 fully saturated rings. The van der Waals surface area contributed by atoms with E-state index in [1.165, 1.54) is 30.4 Å². The maximum atomic E-state index is 12.1. The first-order valence-electron chi connectivity index (χ1n) is 7.98. The van der Waals surface area contributed by atoms with Crippen molar-refractivity contribution < 1.29 is 4.79 Å². The van der Waals surface area contributed by atoms with E-state index in [4.69, 9.17) is 0 Å². The van der Waals surface area contributed by atoms with E-state index in [2.05, 4.69) is 50.3 Å². The van der Waals surface area contributed by atoms with Gasteiger partial charge in [0.1, 0.15) is 5.78 Å². The van der Waals surface area contributed by atoms with Crippen LogP contribution in [0.25, 0.3) is 6.08 Å².